The lowest BCUT2D eigenvalue weighted by Gasteiger charge is -2.51. The lowest BCUT2D eigenvalue weighted by atomic mass is 9.79. The maximum Gasteiger partial charge on any atom is 0.333 e. The zero-order valence-corrected chi connectivity index (χ0v) is 37.2. The minimum atomic E-state index is -1.32. The molecule has 1 N–H and O–H groups in total. The van der Waals surface area contributed by atoms with E-state index in [-0.39, 0.29) is 36.7 Å². The van der Waals surface area contributed by atoms with Gasteiger partial charge in [0.1, 0.15) is 30.5 Å². The van der Waals surface area contributed by atoms with Crippen LogP contribution in [0, 0.1) is 35.5 Å². The first-order valence-electron chi connectivity index (χ1n) is 21.2. The number of aliphatic hydroxyl groups excluding tert-OH is 1. The molecule has 0 aromatic rings. The number of Topliss-reactive ketones (excluding diaryl/α,β-unsaturated/α-hetero) is 1. The van der Waals surface area contributed by atoms with Gasteiger partial charge in [-0.15, -0.1) is 0 Å². The Labute approximate surface area is 345 Å². The van der Waals surface area contributed by atoms with E-state index in [1.807, 2.05) is 27.7 Å². The predicted molar refractivity (Wildman–Crippen MR) is 214 cm³/mol. The molecular formula is C44H72O14. The lowest BCUT2D eigenvalue weighted by molar-refractivity contribution is -0.347. The maximum absolute atomic E-state index is 13.6. The van der Waals surface area contributed by atoms with Crippen molar-refractivity contribution in [3.8, 4) is 0 Å². The summed E-state index contributed by atoms with van der Waals surface area (Å²) in [5, 5.41) is 10.8. The van der Waals surface area contributed by atoms with Crippen LogP contribution in [-0.2, 0) is 61.9 Å². The quantitative estimate of drug-likeness (QED) is 0.0741. The largest absolute Gasteiger partial charge is 0.466 e. The molecule has 0 aromatic carbocycles. The number of rotatable bonds is 21. The number of esters is 5. The van der Waals surface area contributed by atoms with Gasteiger partial charge in [0.15, 0.2) is 11.6 Å². The van der Waals surface area contributed by atoms with Gasteiger partial charge in [0.05, 0.1) is 31.2 Å². The smallest absolute Gasteiger partial charge is 0.333 e. The minimum Gasteiger partial charge on any atom is -0.466 e. The third-order valence-electron chi connectivity index (χ3n) is 11.7. The summed E-state index contributed by atoms with van der Waals surface area (Å²) in [4.78, 5) is 77.3. The number of ether oxygens (including phenoxy) is 7. The number of aliphatic hydroxyl groups is 1. The topological polar surface area (TPSA) is 187 Å². The SMILES string of the molecule is CCC(=O)O[C@H](C/C=C(\C)C(=O)OC)[C@@H](C)[C@H](OC(C)=O)[C@H](C[C@H](C)[C@H](OC(=O)[C@@H](C)CC)[C@H]1C[C@H](C)C[C@]2(C[C@H](C)C[C@@H]([C@@H](O)C(C)=O)O2)O1)OC(=O)[C@@H](C)CC. The van der Waals surface area contributed by atoms with Gasteiger partial charge < -0.3 is 38.3 Å². The van der Waals surface area contributed by atoms with Gasteiger partial charge in [-0.1, -0.05) is 68.4 Å². The van der Waals surface area contributed by atoms with Gasteiger partial charge in [0.25, 0.3) is 0 Å². The van der Waals surface area contributed by atoms with Crippen molar-refractivity contribution >= 4 is 35.6 Å². The molecule has 0 aliphatic carbocycles. The van der Waals surface area contributed by atoms with Crippen LogP contribution in [0.1, 0.15) is 141 Å². The summed E-state index contributed by atoms with van der Waals surface area (Å²) in [5.41, 5.74) is 0.286. The van der Waals surface area contributed by atoms with Gasteiger partial charge in [-0.05, 0) is 63.7 Å². The van der Waals surface area contributed by atoms with Gasteiger partial charge in [0.2, 0.25) is 0 Å². The van der Waals surface area contributed by atoms with E-state index in [4.69, 9.17) is 33.2 Å². The van der Waals surface area contributed by atoms with Crippen molar-refractivity contribution in [2.45, 2.75) is 189 Å². The van der Waals surface area contributed by atoms with Crippen LogP contribution in [0.15, 0.2) is 11.6 Å². The molecule has 58 heavy (non-hydrogen) atoms. The average Bonchev–Trinajstić information content (AvgIpc) is 3.17. The van der Waals surface area contributed by atoms with E-state index >= 15 is 0 Å². The molecule has 0 aromatic heterocycles. The highest BCUT2D eigenvalue weighted by atomic mass is 16.7. The van der Waals surface area contributed by atoms with Crippen LogP contribution in [0.5, 0.6) is 0 Å². The molecule has 1 spiro atoms. The monoisotopic (exact) mass is 824 g/mol. The van der Waals surface area contributed by atoms with Crippen molar-refractivity contribution in [2.24, 2.45) is 35.5 Å². The van der Waals surface area contributed by atoms with E-state index in [2.05, 4.69) is 6.92 Å². The molecule has 0 saturated carbocycles. The van der Waals surface area contributed by atoms with E-state index in [0.29, 0.717) is 38.5 Å². The number of methoxy groups -OCH3 is 1. The van der Waals surface area contributed by atoms with Crippen LogP contribution < -0.4 is 0 Å². The zero-order valence-electron chi connectivity index (χ0n) is 37.2. The highest BCUT2D eigenvalue weighted by Gasteiger charge is 2.52. The van der Waals surface area contributed by atoms with Crippen LogP contribution in [-0.4, -0.2) is 96.4 Å². The van der Waals surface area contributed by atoms with Crippen molar-refractivity contribution in [3.63, 3.8) is 0 Å². The summed E-state index contributed by atoms with van der Waals surface area (Å²) in [6.07, 6.45) is -2.14. The van der Waals surface area contributed by atoms with Gasteiger partial charge in [-0.25, -0.2) is 4.79 Å². The molecule has 2 heterocycles. The Bertz CT molecular complexity index is 1420. The molecule has 14 atom stereocenters. The number of carbonyl (C=O) groups is 6. The molecule has 2 aliphatic rings. The fourth-order valence-corrected chi connectivity index (χ4v) is 7.87. The molecule has 2 saturated heterocycles. The van der Waals surface area contributed by atoms with Crippen molar-refractivity contribution in [3.05, 3.63) is 11.6 Å². The van der Waals surface area contributed by atoms with Gasteiger partial charge >= 0.3 is 29.8 Å². The molecule has 0 amide bonds. The number of ketones is 1. The zero-order chi connectivity index (χ0) is 44.1. The van der Waals surface area contributed by atoms with Crippen molar-refractivity contribution < 1.29 is 67.0 Å². The second-order valence-corrected chi connectivity index (χ2v) is 17.0. The van der Waals surface area contributed by atoms with E-state index in [1.54, 1.807) is 40.7 Å². The normalized spacial score (nSPS) is 27.0. The Balaban J connectivity index is 2.70. The predicted octanol–water partition coefficient (Wildman–Crippen LogP) is 6.60. The Morgan fingerprint density at radius 3 is 1.81 bits per heavy atom. The second kappa shape index (κ2) is 23.4. The molecule has 14 nitrogen and oxygen atoms in total. The molecule has 2 aliphatic heterocycles. The second-order valence-electron chi connectivity index (χ2n) is 17.0. The number of carbonyl (C=O) groups excluding carboxylic acids is 6. The summed E-state index contributed by atoms with van der Waals surface area (Å²) in [7, 11) is 1.26. The van der Waals surface area contributed by atoms with Crippen LogP contribution >= 0.6 is 0 Å². The summed E-state index contributed by atoms with van der Waals surface area (Å²) in [5.74, 6) is -6.46. The minimum absolute atomic E-state index is 0.0273. The van der Waals surface area contributed by atoms with E-state index in [9.17, 15) is 33.9 Å². The van der Waals surface area contributed by atoms with E-state index in [0.717, 1.165) is 0 Å². The van der Waals surface area contributed by atoms with E-state index in [1.165, 1.54) is 21.0 Å². The first-order valence-corrected chi connectivity index (χ1v) is 21.2. The molecule has 0 unspecified atom stereocenters. The Hall–Kier alpha value is -3.36. The molecule has 0 bridgehead atoms. The maximum atomic E-state index is 13.6. The molecule has 0 radical (unpaired) electrons. The fourth-order valence-electron chi connectivity index (χ4n) is 7.87. The summed E-state index contributed by atoms with van der Waals surface area (Å²) >= 11 is 0. The standard InChI is InChI=1S/C44H72O14/c1-14-26(6)42(50)55-35(40(53-32(12)46)30(10)33(54-37(47)16-3)18-17-28(8)41(49)52-13)21-29(9)39(56-43(51)27(7)15-2)36-20-25(5)23-44(58-36)22-24(4)19-34(57-44)38(48)31(11)45/h17,24-27,29-30,33-36,38-40,48H,14-16,18-23H2,1-13H3/b28-17+/t24-,25+,26+,27+,29+,30-,33-,34+,35+,36-,38+,39+,40+,44+/m1/s1. The number of hydrogen-bond donors (Lipinski definition) is 1. The first-order chi connectivity index (χ1) is 27.1. The van der Waals surface area contributed by atoms with Crippen LogP contribution in [0.4, 0.5) is 0 Å². The van der Waals surface area contributed by atoms with Crippen molar-refractivity contribution in [1.82, 2.24) is 0 Å². The van der Waals surface area contributed by atoms with Gasteiger partial charge in [0, 0.05) is 44.1 Å². The summed E-state index contributed by atoms with van der Waals surface area (Å²) < 4.78 is 42.6. The molecule has 332 valence electrons. The van der Waals surface area contributed by atoms with Crippen molar-refractivity contribution in [1.29, 1.82) is 0 Å². The summed E-state index contributed by atoms with van der Waals surface area (Å²) in [6, 6.07) is 0. The van der Waals surface area contributed by atoms with Gasteiger partial charge in [-0.2, -0.15) is 0 Å². The summed E-state index contributed by atoms with van der Waals surface area (Å²) in [6.45, 7) is 20.7. The molecular weight excluding hydrogens is 752 g/mol. The highest BCUT2D eigenvalue weighted by Crippen LogP contribution is 2.46. The van der Waals surface area contributed by atoms with Crippen molar-refractivity contribution in [2.75, 3.05) is 7.11 Å². The van der Waals surface area contributed by atoms with Crippen LogP contribution in [0.2, 0.25) is 0 Å². The molecule has 14 heteroatoms. The fraction of sp³-hybridized carbons (Fsp3) is 0.818. The third-order valence-corrected chi connectivity index (χ3v) is 11.7. The molecule has 2 rings (SSSR count). The Kier molecular flexibility index (Phi) is 20.5. The lowest BCUT2D eigenvalue weighted by Crippen LogP contribution is -2.58. The average molecular weight is 825 g/mol. The van der Waals surface area contributed by atoms with Crippen LogP contribution in [0.3, 0.4) is 0 Å². The number of hydrogen-bond acceptors (Lipinski definition) is 14. The van der Waals surface area contributed by atoms with E-state index < -0.39 is 108 Å². The Morgan fingerprint density at radius 2 is 1.31 bits per heavy atom. The third kappa shape index (κ3) is 14.7. The van der Waals surface area contributed by atoms with Gasteiger partial charge in [-0.3, -0.25) is 24.0 Å². The first kappa shape index (κ1) is 50.8. The van der Waals surface area contributed by atoms with Crippen LogP contribution in [0.25, 0.3) is 0 Å². The highest BCUT2D eigenvalue weighted by molar-refractivity contribution is 5.87. The Morgan fingerprint density at radius 1 is 0.776 bits per heavy atom. The molecule has 2 fully saturated rings.